The highest BCUT2D eigenvalue weighted by molar-refractivity contribution is 5.79. The molecule has 0 atom stereocenters. The summed E-state index contributed by atoms with van der Waals surface area (Å²) >= 11 is 0. The second-order valence-electron chi connectivity index (χ2n) is 7.71. The Kier molecular flexibility index (Phi) is 5.01. The minimum atomic E-state index is 0.291. The Bertz CT molecular complexity index is 1030. The van der Waals surface area contributed by atoms with Crippen LogP contribution in [-0.4, -0.2) is 34.1 Å². The number of benzene rings is 3. The molecule has 0 aliphatic carbocycles. The fraction of sp³-hybridized carbons (Fsp3) is 0.240. The number of ether oxygens (including phenoxy) is 1. The number of likely N-dealkylation sites (tertiary alicyclic amines) is 1. The van der Waals surface area contributed by atoms with Crippen LogP contribution in [-0.2, 0) is 6.54 Å². The summed E-state index contributed by atoms with van der Waals surface area (Å²) in [5, 5.41) is 0. The average Bonchev–Trinajstić information content (AvgIpc) is 3.21. The molecule has 4 aromatic rings. The molecule has 1 aliphatic heterocycles. The molecule has 3 aromatic carbocycles. The number of piperidine rings is 1. The topological polar surface area (TPSA) is 41.1 Å². The standard InChI is InChI=1S/C25H25N3O/c1-2-6-19(7-3-1)18-28-16-14-22(15-17-28)29-21-12-10-20(11-13-21)25-26-23-8-4-5-9-24(23)27-25/h1-13,22H,14-18H2,(H,26,27). The van der Waals surface area contributed by atoms with E-state index in [4.69, 9.17) is 4.74 Å². The van der Waals surface area contributed by atoms with Crippen LogP contribution in [0.25, 0.3) is 22.4 Å². The largest absolute Gasteiger partial charge is 0.490 e. The van der Waals surface area contributed by atoms with Gasteiger partial charge in [-0.15, -0.1) is 0 Å². The van der Waals surface area contributed by atoms with Crippen molar-refractivity contribution >= 4 is 11.0 Å². The molecule has 0 saturated carbocycles. The van der Waals surface area contributed by atoms with Crippen LogP contribution in [0.15, 0.2) is 78.9 Å². The van der Waals surface area contributed by atoms with Crippen molar-refractivity contribution in [2.45, 2.75) is 25.5 Å². The monoisotopic (exact) mass is 383 g/mol. The van der Waals surface area contributed by atoms with Crippen LogP contribution in [0.2, 0.25) is 0 Å². The molecule has 0 radical (unpaired) electrons. The van der Waals surface area contributed by atoms with E-state index in [9.17, 15) is 0 Å². The van der Waals surface area contributed by atoms with E-state index >= 15 is 0 Å². The number of imidazole rings is 1. The molecule has 4 heteroatoms. The normalized spacial score (nSPS) is 15.6. The van der Waals surface area contributed by atoms with Crippen LogP contribution in [0.3, 0.4) is 0 Å². The Morgan fingerprint density at radius 2 is 1.59 bits per heavy atom. The van der Waals surface area contributed by atoms with Gasteiger partial charge in [0, 0.05) is 25.2 Å². The second-order valence-corrected chi connectivity index (χ2v) is 7.71. The van der Waals surface area contributed by atoms with E-state index < -0.39 is 0 Å². The highest BCUT2D eigenvalue weighted by Crippen LogP contribution is 2.25. The number of para-hydroxylation sites is 2. The predicted molar refractivity (Wildman–Crippen MR) is 117 cm³/mol. The summed E-state index contributed by atoms with van der Waals surface area (Å²) in [4.78, 5) is 10.6. The van der Waals surface area contributed by atoms with Gasteiger partial charge in [-0.25, -0.2) is 4.98 Å². The summed E-state index contributed by atoms with van der Waals surface area (Å²) in [6.07, 6.45) is 2.43. The second kappa shape index (κ2) is 8.10. The molecule has 146 valence electrons. The van der Waals surface area contributed by atoms with E-state index in [1.165, 1.54) is 5.56 Å². The van der Waals surface area contributed by atoms with E-state index in [0.29, 0.717) is 6.10 Å². The number of nitrogens with zero attached hydrogens (tertiary/aromatic N) is 2. The number of H-pyrrole nitrogens is 1. The lowest BCUT2D eigenvalue weighted by Crippen LogP contribution is -2.37. The highest BCUT2D eigenvalue weighted by Gasteiger charge is 2.20. The van der Waals surface area contributed by atoms with Crippen molar-refractivity contribution in [2.75, 3.05) is 13.1 Å². The summed E-state index contributed by atoms with van der Waals surface area (Å²) in [6.45, 7) is 3.19. The minimum absolute atomic E-state index is 0.291. The van der Waals surface area contributed by atoms with E-state index in [1.54, 1.807) is 0 Å². The van der Waals surface area contributed by atoms with Crippen LogP contribution < -0.4 is 4.74 Å². The predicted octanol–water partition coefficient (Wildman–Crippen LogP) is 5.27. The molecule has 0 spiro atoms. The van der Waals surface area contributed by atoms with Crippen LogP contribution in [0.4, 0.5) is 0 Å². The molecule has 1 fully saturated rings. The molecule has 1 N–H and O–H groups in total. The number of hydrogen-bond acceptors (Lipinski definition) is 3. The zero-order valence-electron chi connectivity index (χ0n) is 16.4. The first kappa shape index (κ1) is 18.0. The molecule has 1 saturated heterocycles. The van der Waals surface area contributed by atoms with Gasteiger partial charge in [-0.05, 0) is 54.8 Å². The maximum Gasteiger partial charge on any atom is 0.138 e. The molecule has 2 heterocycles. The Morgan fingerprint density at radius 1 is 0.862 bits per heavy atom. The molecule has 5 rings (SSSR count). The third-order valence-electron chi connectivity index (χ3n) is 5.60. The van der Waals surface area contributed by atoms with Gasteiger partial charge in [0.05, 0.1) is 11.0 Å². The molecular formula is C25H25N3O. The van der Waals surface area contributed by atoms with Crippen LogP contribution >= 0.6 is 0 Å². The molecular weight excluding hydrogens is 358 g/mol. The lowest BCUT2D eigenvalue weighted by molar-refractivity contribution is 0.0968. The summed E-state index contributed by atoms with van der Waals surface area (Å²) in [5.74, 6) is 1.83. The zero-order chi connectivity index (χ0) is 19.5. The summed E-state index contributed by atoms with van der Waals surface area (Å²) in [5.41, 5.74) is 4.51. The Morgan fingerprint density at radius 3 is 2.34 bits per heavy atom. The summed E-state index contributed by atoms with van der Waals surface area (Å²) in [7, 11) is 0. The quantitative estimate of drug-likeness (QED) is 0.510. The zero-order valence-corrected chi connectivity index (χ0v) is 16.4. The van der Waals surface area contributed by atoms with Crippen LogP contribution in [0, 0.1) is 0 Å². The van der Waals surface area contributed by atoms with Crippen molar-refractivity contribution in [3.05, 3.63) is 84.4 Å². The van der Waals surface area contributed by atoms with Crippen molar-refractivity contribution < 1.29 is 4.74 Å². The van der Waals surface area contributed by atoms with Crippen molar-refractivity contribution in [3.63, 3.8) is 0 Å². The molecule has 4 nitrogen and oxygen atoms in total. The summed E-state index contributed by atoms with van der Waals surface area (Å²) < 4.78 is 6.25. The van der Waals surface area contributed by atoms with Crippen molar-refractivity contribution in [1.82, 2.24) is 14.9 Å². The molecule has 29 heavy (non-hydrogen) atoms. The Hall–Kier alpha value is -3.11. The van der Waals surface area contributed by atoms with Gasteiger partial charge < -0.3 is 9.72 Å². The third-order valence-corrected chi connectivity index (χ3v) is 5.60. The highest BCUT2D eigenvalue weighted by atomic mass is 16.5. The SMILES string of the molecule is c1ccc(CN2CCC(Oc3ccc(-c4nc5ccccc5[nH]4)cc3)CC2)cc1. The van der Waals surface area contributed by atoms with Gasteiger partial charge in [0.1, 0.15) is 17.7 Å². The van der Waals surface area contributed by atoms with Gasteiger partial charge in [0.15, 0.2) is 0 Å². The number of aromatic amines is 1. The first-order valence-corrected chi connectivity index (χ1v) is 10.3. The van der Waals surface area contributed by atoms with Gasteiger partial charge in [0.2, 0.25) is 0 Å². The smallest absolute Gasteiger partial charge is 0.138 e. The number of fused-ring (bicyclic) bond motifs is 1. The third kappa shape index (κ3) is 4.17. The Balaban J connectivity index is 1.17. The maximum atomic E-state index is 6.25. The lowest BCUT2D eigenvalue weighted by atomic mass is 10.1. The molecule has 0 bridgehead atoms. The van der Waals surface area contributed by atoms with Gasteiger partial charge in [0.25, 0.3) is 0 Å². The van der Waals surface area contributed by atoms with E-state index in [-0.39, 0.29) is 0 Å². The number of nitrogens with one attached hydrogen (secondary N) is 1. The molecule has 0 unspecified atom stereocenters. The molecule has 1 aromatic heterocycles. The van der Waals surface area contributed by atoms with Crippen molar-refractivity contribution in [1.29, 1.82) is 0 Å². The molecule has 1 aliphatic rings. The lowest BCUT2D eigenvalue weighted by Gasteiger charge is -2.32. The van der Waals surface area contributed by atoms with Gasteiger partial charge in [-0.3, -0.25) is 4.90 Å². The number of aromatic nitrogens is 2. The van der Waals surface area contributed by atoms with Gasteiger partial charge in [-0.1, -0.05) is 42.5 Å². The summed E-state index contributed by atoms with van der Waals surface area (Å²) in [6, 6.07) is 27.1. The van der Waals surface area contributed by atoms with E-state index in [1.807, 2.05) is 24.3 Å². The van der Waals surface area contributed by atoms with E-state index in [2.05, 4.69) is 69.5 Å². The fourth-order valence-electron chi connectivity index (χ4n) is 4.00. The van der Waals surface area contributed by atoms with Crippen molar-refractivity contribution in [2.24, 2.45) is 0 Å². The van der Waals surface area contributed by atoms with Crippen molar-refractivity contribution in [3.8, 4) is 17.1 Å². The first-order chi connectivity index (χ1) is 14.3. The number of rotatable bonds is 5. The van der Waals surface area contributed by atoms with Crippen LogP contribution in [0.5, 0.6) is 5.75 Å². The minimum Gasteiger partial charge on any atom is -0.490 e. The number of hydrogen-bond donors (Lipinski definition) is 1. The fourth-order valence-corrected chi connectivity index (χ4v) is 4.00. The average molecular weight is 383 g/mol. The Labute approximate surface area is 171 Å². The van der Waals surface area contributed by atoms with Gasteiger partial charge >= 0.3 is 0 Å². The first-order valence-electron chi connectivity index (χ1n) is 10.3. The van der Waals surface area contributed by atoms with Crippen LogP contribution in [0.1, 0.15) is 18.4 Å². The van der Waals surface area contributed by atoms with Gasteiger partial charge in [-0.2, -0.15) is 0 Å². The molecule has 0 amide bonds. The van der Waals surface area contributed by atoms with E-state index in [0.717, 1.165) is 60.6 Å². The maximum absolute atomic E-state index is 6.25.